The summed E-state index contributed by atoms with van der Waals surface area (Å²) in [6.45, 7) is 0. The lowest BCUT2D eigenvalue weighted by Crippen LogP contribution is -2.00. The van der Waals surface area contributed by atoms with E-state index >= 15 is 0 Å². The van der Waals surface area contributed by atoms with Crippen LogP contribution in [0, 0.1) is 0 Å². The highest BCUT2D eigenvalue weighted by atomic mass is 15.0. The summed E-state index contributed by atoms with van der Waals surface area (Å²) in [7, 11) is 0. The van der Waals surface area contributed by atoms with Gasteiger partial charge in [0.05, 0.1) is 11.0 Å². The van der Waals surface area contributed by atoms with Crippen molar-refractivity contribution < 1.29 is 0 Å². The third kappa shape index (κ3) is 3.97. The molecule has 0 aliphatic carbocycles. The maximum absolute atomic E-state index is 4.90. The Hall–Kier alpha value is -5.61. The second-order valence-electron chi connectivity index (χ2n) is 10.1. The molecule has 0 saturated heterocycles. The molecule has 41 heavy (non-hydrogen) atoms. The van der Waals surface area contributed by atoms with Crippen molar-refractivity contribution >= 4 is 32.6 Å². The number of para-hydroxylation sites is 1. The molecule has 0 fully saturated rings. The van der Waals surface area contributed by atoms with Crippen molar-refractivity contribution in [1.29, 1.82) is 0 Å². The summed E-state index contributed by atoms with van der Waals surface area (Å²) in [6.07, 6.45) is 0. The number of hydrogen-bond acceptors (Lipinski definition) is 3. The number of benzene rings is 6. The van der Waals surface area contributed by atoms with Crippen LogP contribution >= 0.6 is 0 Å². The van der Waals surface area contributed by atoms with E-state index in [2.05, 4.69) is 89.5 Å². The quantitative estimate of drug-likeness (QED) is 0.231. The summed E-state index contributed by atoms with van der Waals surface area (Å²) in [5, 5.41) is 4.96. The van der Waals surface area contributed by atoms with Crippen LogP contribution in [-0.2, 0) is 0 Å². The summed E-state index contributed by atoms with van der Waals surface area (Å²) in [5.41, 5.74) is 6.36. The van der Waals surface area contributed by atoms with Crippen LogP contribution in [-0.4, -0.2) is 19.5 Å². The van der Waals surface area contributed by atoms with Crippen molar-refractivity contribution in [3.05, 3.63) is 146 Å². The average molecular weight is 525 g/mol. The van der Waals surface area contributed by atoms with Gasteiger partial charge in [0.2, 0.25) is 0 Å². The lowest BCUT2D eigenvalue weighted by atomic mass is 10.1. The van der Waals surface area contributed by atoms with Crippen LogP contribution in [0.25, 0.3) is 72.4 Å². The number of nitrogens with zero attached hydrogens (tertiary/aromatic N) is 4. The second-order valence-corrected chi connectivity index (χ2v) is 10.1. The average Bonchev–Trinajstić information content (AvgIpc) is 3.40. The molecule has 0 atom stereocenters. The molecular formula is C37H24N4. The Morgan fingerprint density at radius 2 is 0.878 bits per heavy atom. The van der Waals surface area contributed by atoms with E-state index in [4.69, 9.17) is 15.0 Å². The number of fused-ring (bicyclic) bond motifs is 5. The zero-order valence-corrected chi connectivity index (χ0v) is 22.1. The van der Waals surface area contributed by atoms with E-state index in [9.17, 15) is 0 Å². The fraction of sp³-hybridized carbons (Fsp3) is 0. The highest BCUT2D eigenvalue weighted by molar-refractivity contribution is 6.18. The zero-order chi connectivity index (χ0) is 27.2. The Morgan fingerprint density at radius 1 is 0.366 bits per heavy atom. The fourth-order valence-corrected chi connectivity index (χ4v) is 5.70. The molecule has 4 heteroatoms. The van der Waals surface area contributed by atoms with E-state index < -0.39 is 0 Å². The summed E-state index contributed by atoms with van der Waals surface area (Å²) < 4.78 is 2.37. The van der Waals surface area contributed by atoms with Gasteiger partial charge in [0.25, 0.3) is 0 Å². The minimum Gasteiger partial charge on any atom is -0.309 e. The summed E-state index contributed by atoms with van der Waals surface area (Å²) in [6, 6.07) is 50.4. The first kappa shape index (κ1) is 23.3. The molecule has 6 aromatic carbocycles. The molecule has 0 amide bonds. The molecule has 0 aliphatic heterocycles. The van der Waals surface area contributed by atoms with Gasteiger partial charge in [-0.15, -0.1) is 0 Å². The first-order valence-corrected chi connectivity index (χ1v) is 13.7. The van der Waals surface area contributed by atoms with Crippen molar-refractivity contribution in [3.8, 4) is 39.9 Å². The molecule has 2 heterocycles. The van der Waals surface area contributed by atoms with Gasteiger partial charge in [-0.2, -0.15) is 0 Å². The van der Waals surface area contributed by atoms with Gasteiger partial charge in [-0.25, -0.2) is 15.0 Å². The molecule has 0 aliphatic rings. The maximum Gasteiger partial charge on any atom is 0.164 e. The highest BCUT2D eigenvalue weighted by Crippen LogP contribution is 2.37. The van der Waals surface area contributed by atoms with Crippen molar-refractivity contribution in [3.63, 3.8) is 0 Å². The molecule has 0 bridgehead atoms. The first-order valence-electron chi connectivity index (χ1n) is 13.7. The molecular weight excluding hydrogens is 500 g/mol. The van der Waals surface area contributed by atoms with Crippen LogP contribution in [0.4, 0.5) is 0 Å². The number of rotatable bonds is 4. The second kappa shape index (κ2) is 9.54. The van der Waals surface area contributed by atoms with Crippen LogP contribution < -0.4 is 0 Å². The standard InChI is InChI=1S/C37H24N4/c1-3-12-26(13-4-1)35-38-36(27-14-5-2-6-15-27)40-37(39-35)28-19-22-29(23-20-28)41-33-18-10-9-17-31(33)32-24-21-25-11-7-8-16-30(25)34(32)41/h1-24H. The van der Waals surface area contributed by atoms with Crippen LogP contribution in [0.3, 0.4) is 0 Å². The van der Waals surface area contributed by atoms with Gasteiger partial charge in [-0.3, -0.25) is 0 Å². The van der Waals surface area contributed by atoms with Gasteiger partial charge >= 0.3 is 0 Å². The molecule has 8 rings (SSSR count). The molecule has 4 nitrogen and oxygen atoms in total. The largest absolute Gasteiger partial charge is 0.309 e. The molecule has 0 spiro atoms. The predicted octanol–water partition coefficient (Wildman–Crippen LogP) is 9.12. The molecule has 0 unspecified atom stereocenters. The molecule has 192 valence electrons. The van der Waals surface area contributed by atoms with Crippen LogP contribution in [0.1, 0.15) is 0 Å². The molecule has 0 saturated carbocycles. The van der Waals surface area contributed by atoms with Crippen molar-refractivity contribution in [2.75, 3.05) is 0 Å². The minimum absolute atomic E-state index is 0.650. The summed E-state index contributed by atoms with van der Waals surface area (Å²) in [5.74, 6) is 1.97. The van der Waals surface area contributed by atoms with Crippen molar-refractivity contribution in [2.45, 2.75) is 0 Å². The van der Waals surface area contributed by atoms with Crippen LogP contribution in [0.15, 0.2) is 146 Å². The van der Waals surface area contributed by atoms with Crippen molar-refractivity contribution in [1.82, 2.24) is 19.5 Å². The van der Waals surface area contributed by atoms with E-state index in [0.717, 1.165) is 22.4 Å². The predicted molar refractivity (Wildman–Crippen MR) is 168 cm³/mol. The Balaban J connectivity index is 1.31. The van der Waals surface area contributed by atoms with E-state index in [-0.39, 0.29) is 0 Å². The molecule has 2 aromatic heterocycles. The third-order valence-electron chi connectivity index (χ3n) is 7.64. The van der Waals surface area contributed by atoms with Gasteiger partial charge < -0.3 is 4.57 Å². The lowest BCUT2D eigenvalue weighted by molar-refractivity contribution is 1.07. The first-order chi connectivity index (χ1) is 20.3. The Kier molecular flexibility index (Phi) is 5.42. The molecule has 0 N–H and O–H groups in total. The Morgan fingerprint density at radius 3 is 1.51 bits per heavy atom. The number of aromatic nitrogens is 4. The summed E-state index contributed by atoms with van der Waals surface area (Å²) >= 11 is 0. The summed E-state index contributed by atoms with van der Waals surface area (Å²) in [4.78, 5) is 14.6. The van der Waals surface area contributed by atoms with Gasteiger partial charge in [0.1, 0.15) is 0 Å². The van der Waals surface area contributed by atoms with Crippen LogP contribution in [0.2, 0.25) is 0 Å². The number of hydrogen-bond donors (Lipinski definition) is 0. The topological polar surface area (TPSA) is 43.6 Å². The van der Waals surface area contributed by atoms with Gasteiger partial charge in [0.15, 0.2) is 17.5 Å². The van der Waals surface area contributed by atoms with Gasteiger partial charge in [-0.05, 0) is 35.7 Å². The Labute approximate surface area is 237 Å². The van der Waals surface area contributed by atoms with E-state index in [1.807, 2.05) is 60.7 Å². The highest BCUT2D eigenvalue weighted by Gasteiger charge is 2.16. The zero-order valence-electron chi connectivity index (χ0n) is 22.1. The van der Waals surface area contributed by atoms with E-state index in [1.165, 1.54) is 32.6 Å². The molecule has 8 aromatic rings. The van der Waals surface area contributed by atoms with E-state index in [0.29, 0.717) is 17.5 Å². The maximum atomic E-state index is 4.90. The smallest absolute Gasteiger partial charge is 0.164 e. The van der Waals surface area contributed by atoms with Crippen molar-refractivity contribution in [2.24, 2.45) is 0 Å². The fourth-order valence-electron chi connectivity index (χ4n) is 5.70. The van der Waals surface area contributed by atoms with E-state index in [1.54, 1.807) is 0 Å². The van der Waals surface area contributed by atoms with Crippen LogP contribution in [0.5, 0.6) is 0 Å². The van der Waals surface area contributed by atoms with Gasteiger partial charge in [0, 0.05) is 38.5 Å². The van der Waals surface area contributed by atoms with Gasteiger partial charge in [-0.1, -0.05) is 115 Å². The lowest BCUT2D eigenvalue weighted by Gasteiger charge is -2.11. The molecule has 0 radical (unpaired) electrons. The minimum atomic E-state index is 0.650. The SMILES string of the molecule is c1ccc(-c2nc(-c3ccccc3)nc(-c3ccc(-n4c5ccccc5c5ccc6ccccc6c54)cc3)n2)cc1. The normalized spacial score (nSPS) is 11.4. The monoisotopic (exact) mass is 524 g/mol. The third-order valence-corrected chi connectivity index (χ3v) is 7.64. The Bertz CT molecular complexity index is 2120.